The molecule has 1 N–H and O–H groups in total. The minimum atomic E-state index is -3.62. The predicted octanol–water partition coefficient (Wildman–Crippen LogP) is 1.16. The molecule has 1 aromatic carbocycles. The fourth-order valence-electron chi connectivity index (χ4n) is 3.95. The van der Waals surface area contributed by atoms with Crippen LogP contribution >= 0.6 is 0 Å². The van der Waals surface area contributed by atoms with E-state index in [2.05, 4.69) is 10.2 Å². The van der Waals surface area contributed by atoms with E-state index in [1.165, 1.54) is 17.1 Å². The molecule has 2 fully saturated rings. The van der Waals surface area contributed by atoms with E-state index in [9.17, 15) is 13.2 Å². The lowest BCUT2D eigenvalue weighted by atomic mass is 10.2. The van der Waals surface area contributed by atoms with E-state index >= 15 is 0 Å². The van der Waals surface area contributed by atoms with Gasteiger partial charge in [-0.3, -0.25) is 4.79 Å². The Balaban J connectivity index is 1.68. The van der Waals surface area contributed by atoms with E-state index < -0.39 is 10.0 Å². The number of hydrogen-bond donors (Lipinski definition) is 1. The van der Waals surface area contributed by atoms with Crippen LogP contribution in [-0.2, 0) is 21.2 Å². The fraction of sp³-hybridized carbons (Fsp3) is 0.667. The van der Waals surface area contributed by atoms with Gasteiger partial charge in [0.05, 0.1) is 4.90 Å². The van der Waals surface area contributed by atoms with Gasteiger partial charge in [0.15, 0.2) is 0 Å². The second-order valence-corrected chi connectivity index (χ2v) is 9.77. The lowest BCUT2D eigenvalue weighted by Crippen LogP contribution is -2.47. The van der Waals surface area contributed by atoms with E-state index in [-0.39, 0.29) is 18.9 Å². The molecule has 2 saturated heterocycles. The van der Waals surface area contributed by atoms with Crippen molar-refractivity contribution in [2.45, 2.75) is 37.5 Å². The van der Waals surface area contributed by atoms with Crippen molar-refractivity contribution in [2.75, 3.05) is 58.9 Å². The van der Waals surface area contributed by atoms with Crippen LogP contribution in [0, 0.1) is 0 Å². The molecule has 0 aliphatic carbocycles. The van der Waals surface area contributed by atoms with Crippen molar-refractivity contribution in [2.24, 2.45) is 0 Å². The number of likely N-dealkylation sites (tertiary alicyclic amines) is 1. The van der Waals surface area contributed by atoms with E-state index in [1.54, 1.807) is 12.1 Å². The second-order valence-electron chi connectivity index (χ2n) is 7.83. The van der Waals surface area contributed by atoms with Gasteiger partial charge in [-0.2, -0.15) is 4.31 Å². The van der Waals surface area contributed by atoms with Crippen molar-refractivity contribution in [1.82, 2.24) is 19.4 Å². The number of nitrogens with one attached hydrogen (secondary N) is 1. The smallest absolute Gasteiger partial charge is 0.243 e. The average molecular weight is 423 g/mol. The molecule has 2 aliphatic heterocycles. The summed E-state index contributed by atoms with van der Waals surface area (Å²) in [6.07, 6.45) is 3.45. The first kappa shape index (κ1) is 22.2. The molecule has 7 nitrogen and oxygen atoms in total. The Bertz CT molecular complexity index is 755. The van der Waals surface area contributed by atoms with Gasteiger partial charge >= 0.3 is 0 Å². The Kier molecular flexibility index (Phi) is 8.06. The molecule has 2 heterocycles. The van der Waals surface area contributed by atoms with Crippen LogP contribution in [0.15, 0.2) is 29.2 Å². The molecule has 0 radical (unpaired) electrons. The highest BCUT2D eigenvalue weighted by Crippen LogP contribution is 2.18. The number of nitrogens with zero attached hydrogens (tertiary/aromatic N) is 3. The third-order valence-electron chi connectivity index (χ3n) is 5.88. The molecule has 0 spiro atoms. The zero-order valence-electron chi connectivity index (χ0n) is 17.5. The standard InChI is InChI=1S/C21H34N4O3S/c1-2-19-5-7-20(8-6-19)29(27,28)25(18-17-23-12-3-4-13-23)14-9-21(26)24-15-10-22-11-16-24/h5-8,22H,2-4,9-18H2,1H3. The normalized spacial score (nSPS) is 18.5. The first-order chi connectivity index (χ1) is 14.0. The third-order valence-corrected chi connectivity index (χ3v) is 7.79. The van der Waals surface area contributed by atoms with Crippen LogP contribution in [0.2, 0.25) is 0 Å². The Morgan fingerprint density at radius 3 is 2.31 bits per heavy atom. The van der Waals surface area contributed by atoms with Gasteiger partial charge in [-0.05, 0) is 50.0 Å². The number of aryl methyl sites for hydroxylation is 1. The van der Waals surface area contributed by atoms with Crippen LogP contribution in [-0.4, -0.2) is 87.3 Å². The number of benzene rings is 1. The van der Waals surface area contributed by atoms with E-state index in [0.717, 1.165) is 38.2 Å². The van der Waals surface area contributed by atoms with Crippen molar-refractivity contribution < 1.29 is 13.2 Å². The molecule has 162 valence electrons. The van der Waals surface area contributed by atoms with Crippen molar-refractivity contribution in [3.63, 3.8) is 0 Å². The average Bonchev–Trinajstić information content (AvgIpc) is 3.27. The number of rotatable bonds is 9. The summed E-state index contributed by atoms with van der Waals surface area (Å²) in [6, 6.07) is 7.12. The van der Waals surface area contributed by atoms with Gasteiger partial charge in [-0.15, -0.1) is 0 Å². The van der Waals surface area contributed by atoms with Crippen LogP contribution < -0.4 is 5.32 Å². The summed E-state index contributed by atoms with van der Waals surface area (Å²) in [7, 11) is -3.62. The summed E-state index contributed by atoms with van der Waals surface area (Å²) in [4.78, 5) is 17.0. The number of hydrogen-bond acceptors (Lipinski definition) is 5. The summed E-state index contributed by atoms with van der Waals surface area (Å²) < 4.78 is 28.1. The van der Waals surface area contributed by atoms with Crippen LogP contribution in [0.3, 0.4) is 0 Å². The zero-order valence-corrected chi connectivity index (χ0v) is 18.3. The summed E-state index contributed by atoms with van der Waals surface area (Å²) in [5.41, 5.74) is 1.11. The lowest BCUT2D eigenvalue weighted by molar-refractivity contribution is -0.131. The topological polar surface area (TPSA) is 73.0 Å². The lowest BCUT2D eigenvalue weighted by Gasteiger charge is -2.29. The van der Waals surface area contributed by atoms with Gasteiger partial charge < -0.3 is 15.1 Å². The molecule has 0 unspecified atom stereocenters. The summed E-state index contributed by atoms with van der Waals surface area (Å²) in [5, 5.41) is 3.24. The first-order valence-corrected chi connectivity index (χ1v) is 12.2. The van der Waals surface area contributed by atoms with Gasteiger partial charge in [0, 0.05) is 52.2 Å². The Labute approximate surface area is 175 Å². The van der Waals surface area contributed by atoms with Crippen molar-refractivity contribution >= 4 is 15.9 Å². The highest BCUT2D eigenvalue weighted by atomic mass is 32.2. The van der Waals surface area contributed by atoms with Gasteiger partial charge in [-0.1, -0.05) is 19.1 Å². The molecule has 0 bridgehead atoms. The summed E-state index contributed by atoms with van der Waals surface area (Å²) in [5.74, 6) is 0.0363. The van der Waals surface area contributed by atoms with E-state index in [0.29, 0.717) is 31.1 Å². The summed E-state index contributed by atoms with van der Waals surface area (Å²) >= 11 is 0. The number of sulfonamides is 1. The Hall–Kier alpha value is -1.48. The highest BCUT2D eigenvalue weighted by Gasteiger charge is 2.27. The monoisotopic (exact) mass is 422 g/mol. The SMILES string of the molecule is CCc1ccc(S(=O)(=O)N(CCC(=O)N2CCNCC2)CCN2CCCC2)cc1. The van der Waals surface area contributed by atoms with Gasteiger partial charge in [0.2, 0.25) is 15.9 Å². The quantitative estimate of drug-likeness (QED) is 0.647. The second kappa shape index (κ2) is 10.5. The fourth-order valence-corrected chi connectivity index (χ4v) is 5.38. The maximum Gasteiger partial charge on any atom is 0.243 e. The maximum atomic E-state index is 13.3. The molecule has 0 saturated carbocycles. The summed E-state index contributed by atoms with van der Waals surface area (Å²) in [6.45, 7) is 8.45. The van der Waals surface area contributed by atoms with Crippen molar-refractivity contribution in [3.8, 4) is 0 Å². The number of piperazine rings is 1. The molecule has 0 aromatic heterocycles. The largest absolute Gasteiger partial charge is 0.340 e. The van der Waals surface area contributed by atoms with Crippen LogP contribution in [0.5, 0.6) is 0 Å². The van der Waals surface area contributed by atoms with Gasteiger partial charge in [-0.25, -0.2) is 8.42 Å². The van der Waals surface area contributed by atoms with E-state index in [4.69, 9.17) is 0 Å². The minimum Gasteiger partial charge on any atom is -0.340 e. The first-order valence-electron chi connectivity index (χ1n) is 10.8. The molecule has 2 aliphatic rings. The van der Waals surface area contributed by atoms with Crippen molar-refractivity contribution in [3.05, 3.63) is 29.8 Å². The zero-order chi connectivity index (χ0) is 20.7. The Morgan fingerprint density at radius 1 is 1.03 bits per heavy atom. The van der Waals surface area contributed by atoms with Gasteiger partial charge in [0.1, 0.15) is 0 Å². The molecule has 1 aromatic rings. The number of amides is 1. The Morgan fingerprint density at radius 2 is 1.69 bits per heavy atom. The van der Waals surface area contributed by atoms with Crippen LogP contribution in [0.4, 0.5) is 0 Å². The predicted molar refractivity (Wildman–Crippen MR) is 114 cm³/mol. The van der Waals surface area contributed by atoms with E-state index in [1.807, 2.05) is 24.0 Å². The molecule has 29 heavy (non-hydrogen) atoms. The molecule has 3 rings (SSSR count). The molecule has 1 amide bonds. The van der Waals surface area contributed by atoms with Gasteiger partial charge in [0.25, 0.3) is 0 Å². The maximum absolute atomic E-state index is 13.3. The van der Waals surface area contributed by atoms with Crippen LogP contribution in [0.1, 0.15) is 31.7 Å². The van der Waals surface area contributed by atoms with Crippen molar-refractivity contribution in [1.29, 1.82) is 0 Å². The number of carbonyl (C=O) groups is 1. The molecule has 0 atom stereocenters. The molecular weight excluding hydrogens is 388 g/mol. The highest BCUT2D eigenvalue weighted by molar-refractivity contribution is 7.89. The number of carbonyl (C=O) groups excluding carboxylic acids is 1. The molecule has 8 heteroatoms. The third kappa shape index (κ3) is 6.01. The molecular formula is C21H34N4O3S. The van der Waals surface area contributed by atoms with Crippen LogP contribution in [0.25, 0.3) is 0 Å². The minimum absolute atomic E-state index is 0.0363.